The van der Waals surface area contributed by atoms with Crippen LogP contribution >= 0.6 is 0 Å². The summed E-state index contributed by atoms with van der Waals surface area (Å²) in [5, 5.41) is 0. The van der Waals surface area contributed by atoms with Crippen LogP contribution in [0.15, 0.2) is 24.3 Å². The molecule has 0 aliphatic carbocycles. The molecule has 96 valence electrons. The van der Waals surface area contributed by atoms with E-state index in [2.05, 4.69) is 18.8 Å². The van der Waals surface area contributed by atoms with Gasteiger partial charge in [-0.15, -0.1) is 0 Å². The molecule has 0 bridgehead atoms. The molecule has 1 rings (SSSR count). The SMILES string of the molecule is [CH2-][OH+]c1ccc(OCCCCCCCC)cc1. The van der Waals surface area contributed by atoms with Gasteiger partial charge in [0.2, 0.25) is 5.75 Å². The molecular weight excluding hydrogens is 212 g/mol. The Morgan fingerprint density at radius 2 is 1.65 bits per heavy atom. The van der Waals surface area contributed by atoms with Crippen molar-refractivity contribution in [3.8, 4) is 11.5 Å². The van der Waals surface area contributed by atoms with Crippen molar-refractivity contribution in [3.63, 3.8) is 0 Å². The Labute approximate surface area is 105 Å². The monoisotopic (exact) mass is 236 g/mol. The fourth-order valence-corrected chi connectivity index (χ4v) is 1.72. The lowest BCUT2D eigenvalue weighted by atomic mass is 10.1. The molecule has 0 unspecified atom stereocenters. The maximum absolute atomic E-state index is 5.65. The third-order valence-electron chi connectivity index (χ3n) is 2.79. The number of aliphatic hydroxyl groups is 1. The highest BCUT2D eigenvalue weighted by Crippen LogP contribution is 2.18. The van der Waals surface area contributed by atoms with E-state index in [1.807, 2.05) is 24.3 Å². The average molecular weight is 236 g/mol. The first-order valence-electron chi connectivity index (χ1n) is 6.56. The maximum atomic E-state index is 5.65. The maximum Gasteiger partial charge on any atom is 0.226 e. The first kappa shape index (κ1) is 13.9. The molecule has 1 aromatic rings. The molecule has 17 heavy (non-hydrogen) atoms. The average Bonchev–Trinajstić information content (AvgIpc) is 2.38. The fraction of sp³-hybridized carbons (Fsp3) is 0.533. The van der Waals surface area contributed by atoms with Crippen LogP contribution < -0.4 is 4.74 Å². The van der Waals surface area contributed by atoms with Crippen molar-refractivity contribution in [1.82, 2.24) is 0 Å². The van der Waals surface area contributed by atoms with Crippen molar-refractivity contribution in [2.75, 3.05) is 6.61 Å². The molecule has 0 heterocycles. The van der Waals surface area contributed by atoms with Crippen LogP contribution in [0.5, 0.6) is 11.5 Å². The quantitative estimate of drug-likeness (QED) is 0.352. The van der Waals surface area contributed by atoms with E-state index < -0.39 is 0 Å². The van der Waals surface area contributed by atoms with Crippen molar-refractivity contribution in [1.29, 1.82) is 0 Å². The predicted octanol–water partition coefficient (Wildman–Crippen LogP) is 4.46. The van der Waals surface area contributed by atoms with Gasteiger partial charge in [-0.3, -0.25) is 0 Å². The number of ether oxygens (including phenoxy) is 2. The third-order valence-corrected chi connectivity index (χ3v) is 2.79. The summed E-state index contributed by atoms with van der Waals surface area (Å²) in [5.41, 5.74) is 0. The molecule has 0 spiro atoms. The zero-order valence-corrected chi connectivity index (χ0v) is 10.8. The summed E-state index contributed by atoms with van der Waals surface area (Å²) in [5.74, 6) is 1.81. The lowest BCUT2D eigenvalue weighted by Crippen LogP contribution is -1.97. The number of hydrogen-bond donors (Lipinski definition) is 0. The van der Waals surface area contributed by atoms with Crippen LogP contribution in [-0.4, -0.2) is 11.3 Å². The highest BCUT2D eigenvalue weighted by molar-refractivity contribution is 5.30. The largest absolute Gasteiger partial charge is 0.722 e. The number of rotatable bonds is 9. The molecule has 2 heteroatoms. The van der Waals surface area contributed by atoms with Crippen molar-refractivity contribution in [2.24, 2.45) is 0 Å². The highest BCUT2D eigenvalue weighted by Gasteiger charge is 1.96. The molecule has 0 atom stereocenters. The summed E-state index contributed by atoms with van der Waals surface area (Å²) in [6.07, 6.45) is 7.77. The lowest BCUT2D eigenvalue weighted by Gasteiger charge is -2.07. The summed E-state index contributed by atoms with van der Waals surface area (Å²) in [6.45, 7) is 3.05. The van der Waals surface area contributed by atoms with Gasteiger partial charge in [0.05, 0.1) is 6.61 Å². The van der Waals surface area contributed by atoms with Crippen LogP contribution in [0.1, 0.15) is 45.4 Å². The summed E-state index contributed by atoms with van der Waals surface area (Å²) in [7, 11) is 3.48. The Kier molecular flexibility index (Phi) is 7.28. The number of benzene rings is 1. The third kappa shape index (κ3) is 6.20. The second kappa shape index (κ2) is 8.91. The zero-order valence-electron chi connectivity index (χ0n) is 10.8. The molecule has 0 fully saturated rings. The van der Waals surface area contributed by atoms with E-state index in [0.29, 0.717) is 0 Å². The van der Waals surface area contributed by atoms with Crippen molar-refractivity contribution in [2.45, 2.75) is 45.4 Å². The highest BCUT2D eigenvalue weighted by atomic mass is 16.5. The molecule has 2 nitrogen and oxygen atoms in total. The van der Waals surface area contributed by atoms with Gasteiger partial charge in [-0.2, -0.15) is 0 Å². The predicted molar refractivity (Wildman–Crippen MR) is 72.3 cm³/mol. The second-order valence-corrected chi connectivity index (χ2v) is 4.27. The van der Waals surface area contributed by atoms with Gasteiger partial charge < -0.3 is 9.47 Å². The van der Waals surface area contributed by atoms with Crippen LogP contribution in [0.25, 0.3) is 0 Å². The zero-order chi connectivity index (χ0) is 12.3. The van der Waals surface area contributed by atoms with Gasteiger partial charge in [-0.05, 0) is 25.7 Å². The first-order valence-corrected chi connectivity index (χ1v) is 6.56. The molecule has 0 saturated carbocycles. The second-order valence-electron chi connectivity index (χ2n) is 4.27. The normalized spacial score (nSPS) is 10.2. The van der Waals surface area contributed by atoms with Gasteiger partial charge in [0.25, 0.3) is 0 Å². The molecule has 0 amide bonds. The standard InChI is InChI=1S/C15H24O2/c1-3-4-5-6-7-8-13-17-15-11-9-14(16-2)10-12-15/h9-12,16H,2-8,13H2,1H3. The minimum Gasteiger partial charge on any atom is -0.722 e. The van der Waals surface area contributed by atoms with Gasteiger partial charge in [0, 0.05) is 12.1 Å². The molecular formula is C15H24O2. The van der Waals surface area contributed by atoms with Crippen molar-refractivity contribution < 1.29 is 9.47 Å². The number of unbranched alkanes of at least 4 members (excludes halogenated alkanes) is 5. The van der Waals surface area contributed by atoms with E-state index in [4.69, 9.17) is 4.74 Å². The van der Waals surface area contributed by atoms with Gasteiger partial charge >= 0.3 is 0 Å². The first-order chi connectivity index (χ1) is 8.36. The minimum absolute atomic E-state index is 0.812. The van der Waals surface area contributed by atoms with E-state index in [0.717, 1.165) is 24.5 Å². The van der Waals surface area contributed by atoms with E-state index >= 15 is 0 Å². The van der Waals surface area contributed by atoms with Crippen LogP contribution in [0.4, 0.5) is 0 Å². The van der Waals surface area contributed by atoms with Crippen molar-refractivity contribution >= 4 is 0 Å². The molecule has 1 aromatic carbocycles. The van der Waals surface area contributed by atoms with Crippen LogP contribution in [0, 0.1) is 7.11 Å². The Hall–Kier alpha value is -1.18. The topological polar surface area (TPSA) is 22.0 Å². The van der Waals surface area contributed by atoms with Crippen molar-refractivity contribution in [3.05, 3.63) is 31.4 Å². The Morgan fingerprint density at radius 1 is 1.00 bits per heavy atom. The Balaban J connectivity index is 2.05. The summed E-state index contributed by atoms with van der Waals surface area (Å²) in [4.78, 5) is 0. The van der Waals surface area contributed by atoms with Gasteiger partial charge in [-0.1, -0.05) is 39.0 Å². The molecule has 0 aliphatic rings. The molecule has 0 radical (unpaired) electrons. The Bertz CT molecular complexity index is 279. The van der Waals surface area contributed by atoms with E-state index in [9.17, 15) is 0 Å². The van der Waals surface area contributed by atoms with Crippen LogP contribution in [0.2, 0.25) is 0 Å². The minimum atomic E-state index is 0.812. The van der Waals surface area contributed by atoms with E-state index in [1.165, 1.54) is 32.1 Å². The summed E-state index contributed by atoms with van der Waals surface area (Å²) >= 11 is 0. The molecule has 0 aromatic heterocycles. The van der Waals surface area contributed by atoms with Crippen LogP contribution in [-0.2, 0) is 0 Å². The molecule has 0 aliphatic heterocycles. The molecule has 0 saturated heterocycles. The van der Waals surface area contributed by atoms with Gasteiger partial charge in [0.1, 0.15) is 5.75 Å². The fourth-order valence-electron chi connectivity index (χ4n) is 1.72. The summed E-state index contributed by atoms with van der Waals surface area (Å²) < 4.78 is 9.49. The number of hydrogen-bond acceptors (Lipinski definition) is 1. The van der Waals surface area contributed by atoms with E-state index in [1.54, 1.807) is 0 Å². The molecule has 1 N–H and O–H groups in total. The van der Waals surface area contributed by atoms with Crippen LogP contribution in [0.3, 0.4) is 0 Å². The summed E-state index contributed by atoms with van der Waals surface area (Å²) in [6, 6.07) is 7.73. The smallest absolute Gasteiger partial charge is 0.226 e. The van der Waals surface area contributed by atoms with Gasteiger partial charge in [-0.25, -0.2) is 0 Å². The van der Waals surface area contributed by atoms with Gasteiger partial charge in [0.15, 0.2) is 0 Å². The lowest BCUT2D eigenvalue weighted by molar-refractivity contribution is 0.185. The Morgan fingerprint density at radius 3 is 2.29 bits per heavy atom. The van der Waals surface area contributed by atoms with E-state index in [-0.39, 0.29) is 0 Å². The number of aromatic hydroxyl groups is 1.